The van der Waals surface area contributed by atoms with E-state index in [1.807, 2.05) is 24.8 Å². The summed E-state index contributed by atoms with van der Waals surface area (Å²) in [4.78, 5) is 9.14. The Bertz CT molecular complexity index is 1110. The first-order valence-electron chi connectivity index (χ1n) is 9.72. The first kappa shape index (κ1) is 17.1. The van der Waals surface area contributed by atoms with E-state index in [2.05, 4.69) is 58.1 Å². The number of hydrogen-bond donors (Lipinski definition) is 0. The highest BCUT2D eigenvalue weighted by molar-refractivity contribution is 5.98. The van der Waals surface area contributed by atoms with Gasteiger partial charge in [0, 0.05) is 48.0 Å². The zero-order valence-electron chi connectivity index (χ0n) is 16.0. The van der Waals surface area contributed by atoms with Crippen LogP contribution < -0.4 is 0 Å². The predicted molar refractivity (Wildman–Crippen MR) is 112 cm³/mol. The van der Waals surface area contributed by atoms with Crippen LogP contribution in [0.5, 0.6) is 0 Å². The largest absolute Gasteiger partial charge is 0.384 e. The average Bonchev–Trinajstić information content (AvgIpc) is 3.37. The molecule has 140 valence electrons. The van der Waals surface area contributed by atoms with E-state index in [4.69, 9.17) is 9.72 Å². The molecular weight excluding hydrogens is 346 g/mol. The van der Waals surface area contributed by atoms with Crippen LogP contribution >= 0.6 is 0 Å². The van der Waals surface area contributed by atoms with Crippen molar-refractivity contribution in [1.82, 2.24) is 14.5 Å². The number of aromatic nitrogens is 3. The molecule has 1 aliphatic rings. The number of hydrogen-bond acceptors (Lipinski definition) is 3. The predicted octanol–water partition coefficient (Wildman–Crippen LogP) is 5.19. The summed E-state index contributed by atoms with van der Waals surface area (Å²) in [5.74, 6) is 0. The molecule has 1 aliphatic carbocycles. The van der Waals surface area contributed by atoms with E-state index < -0.39 is 0 Å². The maximum Gasteiger partial charge on any atom is 0.0963 e. The molecule has 0 radical (unpaired) electrons. The van der Waals surface area contributed by atoms with Crippen molar-refractivity contribution < 1.29 is 4.74 Å². The van der Waals surface area contributed by atoms with Crippen LogP contribution in [0.1, 0.15) is 12.8 Å². The smallest absolute Gasteiger partial charge is 0.0963 e. The first-order chi connectivity index (χ1) is 13.8. The lowest BCUT2D eigenvalue weighted by atomic mass is 9.99. The lowest BCUT2D eigenvalue weighted by molar-refractivity contribution is 0.131. The fourth-order valence-electron chi connectivity index (χ4n) is 4.11. The minimum absolute atomic E-state index is 0.240. The second-order valence-corrected chi connectivity index (χ2v) is 7.77. The SMILES string of the molecule is COCC1(Cn2cnc(-c3ccccc3)c2-c2cccc3cnccc23)CC1. The van der Waals surface area contributed by atoms with Gasteiger partial charge in [0.15, 0.2) is 0 Å². The Hall–Kier alpha value is -2.98. The molecule has 2 heterocycles. The topological polar surface area (TPSA) is 39.9 Å². The lowest BCUT2D eigenvalue weighted by Gasteiger charge is -2.18. The summed E-state index contributed by atoms with van der Waals surface area (Å²) >= 11 is 0. The number of methoxy groups -OCH3 is 1. The van der Waals surface area contributed by atoms with Crippen LogP contribution in [-0.4, -0.2) is 28.3 Å². The summed E-state index contributed by atoms with van der Waals surface area (Å²) in [5, 5.41) is 2.35. The fraction of sp³-hybridized carbons (Fsp3) is 0.250. The third kappa shape index (κ3) is 3.00. The van der Waals surface area contributed by atoms with Crippen LogP contribution in [0.25, 0.3) is 33.3 Å². The molecule has 0 bridgehead atoms. The maximum atomic E-state index is 5.51. The molecule has 0 unspecified atom stereocenters. The van der Waals surface area contributed by atoms with E-state index >= 15 is 0 Å². The van der Waals surface area contributed by atoms with Crippen molar-refractivity contribution in [1.29, 1.82) is 0 Å². The number of nitrogens with zero attached hydrogens (tertiary/aromatic N) is 3. The summed E-state index contributed by atoms with van der Waals surface area (Å²) in [7, 11) is 1.79. The van der Waals surface area contributed by atoms with Crippen LogP contribution in [0, 0.1) is 5.41 Å². The Balaban J connectivity index is 1.71. The van der Waals surface area contributed by atoms with Crippen molar-refractivity contribution in [3.63, 3.8) is 0 Å². The van der Waals surface area contributed by atoms with Gasteiger partial charge in [-0.05, 0) is 24.3 Å². The van der Waals surface area contributed by atoms with E-state index in [9.17, 15) is 0 Å². The third-order valence-electron chi connectivity index (χ3n) is 5.73. The maximum absolute atomic E-state index is 5.51. The number of imidazole rings is 1. The van der Waals surface area contributed by atoms with E-state index in [1.165, 1.54) is 29.5 Å². The minimum Gasteiger partial charge on any atom is -0.384 e. The van der Waals surface area contributed by atoms with Crippen molar-refractivity contribution in [2.75, 3.05) is 13.7 Å². The van der Waals surface area contributed by atoms with Crippen LogP contribution in [0.15, 0.2) is 73.3 Å². The van der Waals surface area contributed by atoms with E-state index in [1.54, 1.807) is 7.11 Å². The first-order valence-corrected chi connectivity index (χ1v) is 9.72. The standard InChI is InChI=1S/C24H23N3O/c1-28-16-24(11-12-24)15-27-17-26-22(18-6-3-2-4-7-18)23(27)21-9-5-8-19-14-25-13-10-20(19)21/h2-10,13-14,17H,11-12,15-16H2,1H3. The molecule has 0 aliphatic heterocycles. The Morgan fingerprint density at radius 2 is 1.89 bits per heavy atom. The van der Waals surface area contributed by atoms with Gasteiger partial charge >= 0.3 is 0 Å². The Morgan fingerprint density at radius 3 is 2.68 bits per heavy atom. The van der Waals surface area contributed by atoms with Gasteiger partial charge in [-0.15, -0.1) is 0 Å². The van der Waals surface area contributed by atoms with Gasteiger partial charge in [-0.25, -0.2) is 4.98 Å². The molecule has 28 heavy (non-hydrogen) atoms. The second-order valence-electron chi connectivity index (χ2n) is 7.77. The van der Waals surface area contributed by atoms with Crippen molar-refractivity contribution >= 4 is 10.8 Å². The normalized spacial score (nSPS) is 15.0. The molecule has 1 fully saturated rings. The number of fused-ring (bicyclic) bond motifs is 1. The lowest BCUT2D eigenvalue weighted by Crippen LogP contribution is -2.17. The molecule has 4 heteroatoms. The highest BCUT2D eigenvalue weighted by Gasteiger charge is 2.43. The Morgan fingerprint density at radius 1 is 1.04 bits per heavy atom. The Kier molecular flexibility index (Phi) is 4.21. The summed E-state index contributed by atoms with van der Waals surface area (Å²) in [6.45, 7) is 1.72. The summed E-state index contributed by atoms with van der Waals surface area (Å²) in [6.07, 6.45) is 8.20. The number of pyridine rings is 1. The van der Waals surface area contributed by atoms with Gasteiger partial charge in [0.05, 0.1) is 24.3 Å². The van der Waals surface area contributed by atoms with E-state index in [-0.39, 0.29) is 5.41 Å². The highest BCUT2D eigenvalue weighted by Crippen LogP contribution is 2.48. The van der Waals surface area contributed by atoms with Crippen LogP contribution in [-0.2, 0) is 11.3 Å². The molecule has 2 aromatic heterocycles. The molecule has 0 amide bonds. The average molecular weight is 369 g/mol. The summed E-state index contributed by atoms with van der Waals surface area (Å²) < 4.78 is 7.83. The van der Waals surface area contributed by atoms with Gasteiger partial charge in [-0.2, -0.15) is 0 Å². The monoisotopic (exact) mass is 369 g/mol. The fourth-order valence-corrected chi connectivity index (χ4v) is 4.11. The summed E-state index contributed by atoms with van der Waals surface area (Å²) in [6, 6.07) is 18.9. The van der Waals surface area contributed by atoms with Crippen LogP contribution in [0.2, 0.25) is 0 Å². The zero-order chi connectivity index (χ0) is 19.0. The molecule has 0 N–H and O–H groups in total. The zero-order valence-corrected chi connectivity index (χ0v) is 16.0. The molecule has 4 nitrogen and oxygen atoms in total. The molecule has 0 spiro atoms. The molecular formula is C24H23N3O. The minimum atomic E-state index is 0.240. The van der Waals surface area contributed by atoms with Gasteiger partial charge in [0.1, 0.15) is 0 Å². The van der Waals surface area contributed by atoms with E-state index in [0.717, 1.165) is 29.8 Å². The van der Waals surface area contributed by atoms with Crippen molar-refractivity contribution in [2.24, 2.45) is 5.41 Å². The third-order valence-corrected chi connectivity index (χ3v) is 5.73. The number of ether oxygens (including phenoxy) is 1. The van der Waals surface area contributed by atoms with Crippen molar-refractivity contribution in [3.8, 4) is 22.5 Å². The van der Waals surface area contributed by atoms with Gasteiger partial charge < -0.3 is 9.30 Å². The van der Waals surface area contributed by atoms with Crippen molar-refractivity contribution in [2.45, 2.75) is 19.4 Å². The van der Waals surface area contributed by atoms with Crippen LogP contribution in [0.4, 0.5) is 0 Å². The highest BCUT2D eigenvalue weighted by atomic mass is 16.5. The van der Waals surface area contributed by atoms with Crippen molar-refractivity contribution in [3.05, 3.63) is 73.3 Å². The summed E-state index contributed by atoms with van der Waals surface area (Å²) in [5.41, 5.74) is 4.77. The molecule has 0 saturated heterocycles. The quantitative estimate of drug-likeness (QED) is 0.469. The van der Waals surface area contributed by atoms with Gasteiger partial charge in [0.25, 0.3) is 0 Å². The Labute approximate surface area is 164 Å². The molecule has 4 aromatic rings. The van der Waals surface area contributed by atoms with Gasteiger partial charge in [-0.1, -0.05) is 48.5 Å². The second kappa shape index (κ2) is 6.88. The van der Waals surface area contributed by atoms with Crippen LogP contribution in [0.3, 0.4) is 0 Å². The molecule has 0 atom stereocenters. The molecule has 5 rings (SSSR count). The van der Waals surface area contributed by atoms with Gasteiger partial charge in [-0.3, -0.25) is 4.98 Å². The molecule has 1 saturated carbocycles. The number of rotatable bonds is 6. The molecule has 2 aromatic carbocycles. The number of benzene rings is 2. The van der Waals surface area contributed by atoms with Gasteiger partial charge in [0.2, 0.25) is 0 Å². The van der Waals surface area contributed by atoms with E-state index in [0.29, 0.717) is 0 Å².